The lowest BCUT2D eigenvalue weighted by Crippen LogP contribution is -2.49. The van der Waals surface area contributed by atoms with Crippen LogP contribution in [0.2, 0.25) is 0 Å². The van der Waals surface area contributed by atoms with Gasteiger partial charge in [0.25, 0.3) is 0 Å². The van der Waals surface area contributed by atoms with Crippen LogP contribution < -0.4 is 5.32 Å². The molecule has 1 saturated carbocycles. The minimum absolute atomic E-state index is 0.0623. The first-order valence-corrected chi connectivity index (χ1v) is 13.6. The van der Waals surface area contributed by atoms with Gasteiger partial charge in [-0.05, 0) is 80.5 Å². The summed E-state index contributed by atoms with van der Waals surface area (Å²) in [6.45, 7) is 1.78. The van der Waals surface area contributed by atoms with Gasteiger partial charge in [0.15, 0.2) is 0 Å². The Balaban J connectivity index is 1.53. The maximum atomic E-state index is 13.7. The fraction of sp³-hybridized carbons (Fsp3) is 0.517. The van der Waals surface area contributed by atoms with E-state index in [1.54, 1.807) is 4.90 Å². The lowest BCUT2D eigenvalue weighted by atomic mass is 9.83. The third kappa shape index (κ3) is 7.73. The van der Waals surface area contributed by atoms with E-state index in [1.165, 1.54) is 31.2 Å². The first-order chi connectivity index (χ1) is 19.6. The van der Waals surface area contributed by atoms with Gasteiger partial charge in [-0.1, -0.05) is 12.1 Å². The third-order valence-electron chi connectivity index (χ3n) is 8.02. The molecule has 2 N–H and O–H groups in total. The number of carbonyl (C=O) groups is 2. The van der Waals surface area contributed by atoms with Gasteiger partial charge in [0.05, 0.1) is 23.3 Å². The smallest absolute Gasteiger partial charge is 0.416 e. The molecule has 2 amide bonds. The van der Waals surface area contributed by atoms with Crippen molar-refractivity contribution in [2.24, 2.45) is 5.92 Å². The summed E-state index contributed by atoms with van der Waals surface area (Å²) >= 11 is 0. The zero-order valence-electron chi connectivity index (χ0n) is 22.6. The predicted molar refractivity (Wildman–Crippen MR) is 137 cm³/mol. The lowest BCUT2D eigenvalue weighted by Gasteiger charge is -2.41. The largest absolute Gasteiger partial charge is 0.465 e. The van der Waals surface area contributed by atoms with Crippen molar-refractivity contribution in [3.8, 4) is 0 Å². The van der Waals surface area contributed by atoms with E-state index in [0.717, 1.165) is 0 Å². The maximum absolute atomic E-state index is 13.7. The molecule has 2 aliphatic rings. The molecule has 4 rings (SSSR count). The molecule has 1 aliphatic heterocycles. The van der Waals surface area contributed by atoms with Crippen molar-refractivity contribution >= 4 is 12.0 Å². The molecule has 6 nitrogen and oxygen atoms in total. The molecule has 0 aromatic heterocycles. The topological polar surface area (TPSA) is 78.9 Å². The molecule has 2 aromatic rings. The number of piperidine rings is 1. The first-order valence-electron chi connectivity index (χ1n) is 13.6. The number of rotatable bonds is 6. The first kappa shape index (κ1) is 31.6. The number of nitrogens with one attached hydrogen (secondary N) is 1. The number of likely N-dealkylation sites (tertiary alicyclic amines) is 1. The standard InChI is InChI=1S/C29H31F7N2O4/c1-16(19-12-20(28(31,32)33)14-21(13-19)29(34,35)36)42-25-10-11-38(15-24(25)17-2-6-22(30)7-3-17)26(39)18-4-8-23(9-5-18)37-27(40)41/h2-3,6-7,12-14,16,18,23-25,37H,4-5,8-11,15H2,1H3,(H,40,41)/t16-,18-,23-,24-,25+/m1/s1. The van der Waals surface area contributed by atoms with E-state index < -0.39 is 53.5 Å². The molecule has 0 radical (unpaired) electrons. The average molecular weight is 605 g/mol. The molecular weight excluding hydrogens is 573 g/mol. The number of halogens is 7. The minimum Gasteiger partial charge on any atom is -0.465 e. The highest BCUT2D eigenvalue weighted by atomic mass is 19.4. The van der Waals surface area contributed by atoms with Crippen LogP contribution in [-0.4, -0.2) is 47.2 Å². The summed E-state index contributed by atoms with van der Waals surface area (Å²) in [7, 11) is 0. The monoisotopic (exact) mass is 604 g/mol. The fourth-order valence-electron chi connectivity index (χ4n) is 5.80. The van der Waals surface area contributed by atoms with E-state index in [4.69, 9.17) is 9.84 Å². The van der Waals surface area contributed by atoms with Crippen molar-refractivity contribution < 1.29 is 50.2 Å². The van der Waals surface area contributed by atoms with Gasteiger partial charge in [0.2, 0.25) is 5.91 Å². The molecule has 0 spiro atoms. The van der Waals surface area contributed by atoms with Crippen LogP contribution in [0.25, 0.3) is 0 Å². The molecule has 0 bridgehead atoms. The minimum atomic E-state index is -5.00. The molecule has 230 valence electrons. The van der Waals surface area contributed by atoms with Crippen LogP contribution in [0.15, 0.2) is 42.5 Å². The van der Waals surface area contributed by atoms with Gasteiger partial charge in [-0.3, -0.25) is 4.79 Å². The Bertz CT molecular complexity index is 1230. The van der Waals surface area contributed by atoms with E-state index in [0.29, 0.717) is 43.4 Å². The number of amides is 2. The van der Waals surface area contributed by atoms with Gasteiger partial charge in [0.1, 0.15) is 5.82 Å². The highest BCUT2D eigenvalue weighted by Gasteiger charge is 2.40. The number of hydrogen-bond acceptors (Lipinski definition) is 3. The number of hydrogen-bond donors (Lipinski definition) is 2. The third-order valence-corrected chi connectivity index (χ3v) is 8.02. The average Bonchev–Trinajstić information content (AvgIpc) is 2.92. The van der Waals surface area contributed by atoms with Crippen LogP contribution in [0.1, 0.15) is 73.3 Å². The van der Waals surface area contributed by atoms with E-state index >= 15 is 0 Å². The number of benzene rings is 2. The van der Waals surface area contributed by atoms with Crippen molar-refractivity contribution in [1.82, 2.24) is 10.2 Å². The highest BCUT2D eigenvalue weighted by molar-refractivity contribution is 5.79. The van der Waals surface area contributed by atoms with E-state index in [-0.39, 0.29) is 49.0 Å². The molecule has 1 aliphatic carbocycles. The van der Waals surface area contributed by atoms with E-state index in [9.17, 15) is 40.3 Å². The van der Waals surface area contributed by atoms with Crippen LogP contribution >= 0.6 is 0 Å². The molecule has 2 fully saturated rings. The zero-order valence-corrected chi connectivity index (χ0v) is 22.6. The SMILES string of the molecule is C[C@@H](O[C@H]1CCN(C(=O)[C@H]2CC[C@H](NC(=O)O)CC2)C[C@@H]1c1ccc(F)cc1)c1cc(C(F)(F)F)cc(C(F)(F)F)c1. The molecule has 0 unspecified atom stereocenters. The lowest BCUT2D eigenvalue weighted by molar-refractivity contribution is -0.143. The molecule has 2 aromatic carbocycles. The van der Waals surface area contributed by atoms with Gasteiger partial charge >= 0.3 is 18.4 Å². The van der Waals surface area contributed by atoms with Crippen LogP contribution in [0.3, 0.4) is 0 Å². The predicted octanol–water partition coefficient (Wildman–Crippen LogP) is 7.15. The summed E-state index contributed by atoms with van der Waals surface area (Å²) in [5.41, 5.74) is -2.56. The summed E-state index contributed by atoms with van der Waals surface area (Å²) < 4.78 is 100. The molecule has 1 heterocycles. The maximum Gasteiger partial charge on any atom is 0.416 e. The quantitative estimate of drug-likeness (QED) is 0.344. The number of ether oxygens (including phenoxy) is 1. The van der Waals surface area contributed by atoms with Crippen LogP contribution in [0.4, 0.5) is 35.5 Å². The fourth-order valence-corrected chi connectivity index (χ4v) is 5.80. The van der Waals surface area contributed by atoms with Gasteiger partial charge < -0.3 is 20.1 Å². The number of nitrogens with zero attached hydrogens (tertiary/aromatic N) is 1. The summed E-state index contributed by atoms with van der Waals surface area (Å²) in [6.07, 6.45) is -10.7. The van der Waals surface area contributed by atoms with Crippen molar-refractivity contribution in [3.05, 3.63) is 70.5 Å². The number of carbonyl (C=O) groups excluding carboxylic acids is 1. The summed E-state index contributed by atoms with van der Waals surface area (Å²) in [6, 6.07) is 6.61. The van der Waals surface area contributed by atoms with Crippen molar-refractivity contribution in [1.29, 1.82) is 0 Å². The Hall–Kier alpha value is -3.35. The second-order valence-electron chi connectivity index (χ2n) is 10.9. The molecular formula is C29H31F7N2O4. The van der Waals surface area contributed by atoms with Gasteiger partial charge in [-0.15, -0.1) is 0 Å². The van der Waals surface area contributed by atoms with Crippen LogP contribution in [0, 0.1) is 11.7 Å². The Morgan fingerprint density at radius 2 is 1.50 bits per heavy atom. The Labute approximate surface area is 237 Å². The highest BCUT2D eigenvalue weighted by Crippen LogP contribution is 2.40. The van der Waals surface area contributed by atoms with Crippen molar-refractivity contribution in [3.63, 3.8) is 0 Å². The van der Waals surface area contributed by atoms with Crippen molar-refractivity contribution in [2.75, 3.05) is 13.1 Å². The Morgan fingerprint density at radius 1 is 0.929 bits per heavy atom. The Kier molecular flexibility index (Phi) is 9.39. The second-order valence-corrected chi connectivity index (χ2v) is 10.9. The molecule has 3 atom stereocenters. The van der Waals surface area contributed by atoms with Crippen molar-refractivity contribution in [2.45, 2.75) is 75.5 Å². The van der Waals surface area contributed by atoms with Gasteiger partial charge in [-0.25, -0.2) is 9.18 Å². The van der Waals surface area contributed by atoms with E-state index in [2.05, 4.69) is 5.32 Å². The second kappa shape index (κ2) is 12.5. The summed E-state index contributed by atoms with van der Waals surface area (Å²) in [4.78, 5) is 26.0. The normalized spacial score (nSPS) is 24.2. The molecule has 1 saturated heterocycles. The van der Waals surface area contributed by atoms with Gasteiger partial charge in [0, 0.05) is 31.0 Å². The van der Waals surface area contributed by atoms with Crippen LogP contribution in [0.5, 0.6) is 0 Å². The molecule has 13 heteroatoms. The van der Waals surface area contributed by atoms with E-state index in [1.807, 2.05) is 0 Å². The number of alkyl halides is 6. The Morgan fingerprint density at radius 3 is 2.02 bits per heavy atom. The molecule has 42 heavy (non-hydrogen) atoms. The summed E-state index contributed by atoms with van der Waals surface area (Å²) in [5.74, 6) is -1.45. The van der Waals surface area contributed by atoms with Crippen LogP contribution in [-0.2, 0) is 21.9 Å². The summed E-state index contributed by atoms with van der Waals surface area (Å²) in [5, 5.41) is 11.4. The van der Waals surface area contributed by atoms with Gasteiger partial charge in [-0.2, -0.15) is 26.3 Å². The number of carboxylic acid groups (broad SMARTS) is 1. The zero-order chi connectivity index (χ0) is 30.8.